The molecule has 0 saturated heterocycles. The van der Waals surface area contributed by atoms with Gasteiger partial charge in [0, 0.05) is 5.92 Å². The number of carbonyl (C=O) groups excluding carboxylic acids is 1. The van der Waals surface area contributed by atoms with E-state index in [1.54, 1.807) is 6.07 Å². The van der Waals surface area contributed by atoms with Gasteiger partial charge in [0.15, 0.2) is 0 Å². The average Bonchev–Trinajstić information content (AvgIpc) is 2.02. The third-order valence-corrected chi connectivity index (χ3v) is 2.59. The van der Waals surface area contributed by atoms with E-state index in [0.717, 1.165) is 25.7 Å². The topological polar surface area (TPSA) is 40.9 Å². The van der Waals surface area contributed by atoms with E-state index < -0.39 is 0 Å². The minimum Gasteiger partial charge on any atom is -0.282 e. The average molecular weight is 165 g/mol. The zero-order valence-corrected chi connectivity index (χ0v) is 7.38. The van der Waals surface area contributed by atoms with Crippen LogP contribution < -0.4 is 0 Å². The number of carbonyl (C=O) groups is 1. The minimum absolute atomic E-state index is 0.0512. The van der Waals surface area contributed by atoms with Crippen LogP contribution in [-0.2, 0) is 4.79 Å². The van der Waals surface area contributed by atoms with E-state index in [1.165, 1.54) is 19.3 Å². The Balaban J connectivity index is 2.40. The van der Waals surface area contributed by atoms with Crippen molar-refractivity contribution in [1.82, 2.24) is 0 Å². The maximum absolute atomic E-state index is 11.1. The molecule has 1 saturated carbocycles. The zero-order valence-electron chi connectivity index (χ0n) is 7.38. The summed E-state index contributed by atoms with van der Waals surface area (Å²) in [6.45, 7) is 0. The smallest absolute Gasteiger partial charge is 0.234 e. The fourth-order valence-electron chi connectivity index (χ4n) is 1.81. The number of nitrogens with zero attached hydrogens (tertiary/aromatic N) is 1. The first kappa shape index (κ1) is 9.25. The molecular formula is C10H15NO. The van der Waals surface area contributed by atoms with Crippen LogP contribution in [0.2, 0.25) is 0 Å². The largest absolute Gasteiger partial charge is 0.282 e. The van der Waals surface area contributed by atoms with Gasteiger partial charge >= 0.3 is 0 Å². The molecule has 0 amide bonds. The molecule has 0 aromatic carbocycles. The predicted octanol–water partition coefficient (Wildman–Crippen LogP) is 2.44. The number of nitriles is 1. The Morgan fingerprint density at radius 2 is 1.58 bits per heavy atom. The first-order valence-corrected chi connectivity index (χ1v) is 4.78. The SMILES string of the molecule is N#CC(=O)C1CCCCCCC1. The highest BCUT2D eigenvalue weighted by Gasteiger charge is 2.18. The summed E-state index contributed by atoms with van der Waals surface area (Å²) in [6, 6.07) is 1.74. The Morgan fingerprint density at radius 3 is 2.08 bits per heavy atom. The highest BCUT2D eigenvalue weighted by atomic mass is 16.1. The van der Waals surface area contributed by atoms with Crippen LogP contribution in [0.3, 0.4) is 0 Å². The van der Waals surface area contributed by atoms with Crippen LogP contribution in [0.25, 0.3) is 0 Å². The van der Waals surface area contributed by atoms with Gasteiger partial charge in [0.2, 0.25) is 5.78 Å². The molecule has 1 aliphatic carbocycles. The van der Waals surface area contributed by atoms with Crippen LogP contribution >= 0.6 is 0 Å². The second-order valence-electron chi connectivity index (χ2n) is 3.52. The molecule has 0 spiro atoms. The van der Waals surface area contributed by atoms with Crippen LogP contribution in [0.4, 0.5) is 0 Å². The zero-order chi connectivity index (χ0) is 8.81. The monoisotopic (exact) mass is 165 g/mol. The van der Waals surface area contributed by atoms with Crippen LogP contribution in [-0.4, -0.2) is 5.78 Å². The Kier molecular flexibility index (Phi) is 3.79. The van der Waals surface area contributed by atoms with E-state index in [9.17, 15) is 4.79 Å². The van der Waals surface area contributed by atoms with E-state index in [1.807, 2.05) is 0 Å². The summed E-state index contributed by atoms with van der Waals surface area (Å²) in [5.41, 5.74) is 0. The number of ketones is 1. The number of Topliss-reactive ketones (excluding diaryl/α,β-unsaturated/α-hetero) is 1. The molecule has 0 aromatic rings. The van der Waals surface area contributed by atoms with Gasteiger partial charge < -0.3 is 0 Å². The van der Waals surface area contributed by atoms with Gasteiger partial charge in [-0.25, -0.2) is 0 Å². The first-order chi connectivity index (χ1) is 5.84. The molecule has 0 N–H and O–H groups in total. The van der Waals surface area contributed by atoms with Gasteiger partial charge in [-0.3, -0.25) is 4.79 Å². The minimum atomic E-state index is -0.197. The van der Waals surface area contributed by atoms with Crippen molar-refractivity contribution >= 4 is 5.78 Å². The van der Waals surface area contributed by atoms with Gasteiger partial charge in [0.1, 0.15) is 6.07 Å². The molecule has 0 atom stereocenters. The third kappa shape index (κ3) is 2.65. The van der Waals surface area contributed by atoms with Gasteiger partial charge in [0.05, 0.1) is 0 Å². The Bertz CT molecular complexity index is 185. The highest BCUT2D eigenvalue weighted by Crippen LogP contribution is 2.22. The van der Waals surface area contributed by atoms with Crippen LogP contribution in [0, 0.1) is 17.2 Å². The van der Waals surface area contributed by atoms with Gasteiger partial charge in [-0.1, -0.05) is 32.1 Å². The quantitative estimate of drug-likeness (QED) is 0.560. The summed E-state index contributed by atoms with van der Waals surface area (Å²) in [5.74, 6) is -0.146. The molecule has 0 bridgehead atoms. The molecule has 0 heterocycles. The first-order valence-electron chi connectivity index (χ1n) is 4.78. The standard InChI is InChI=1S/C10H15NO/c11-8-10(12)9-6-4-2-1-3-5-7-9/h9H,1-7H2. The van der Waals surface area contributed by atoms with Crippen molar-refractivity contribution in [3.8, 4) is 6.07 Å². The third-order valence-electron chi connectivity index (χ3n) is 2.59. The fourth-order valence-corrected chi connectivity index (χ4v) is 1.81. The van der Waals surface area contributed by atoms with Crippen LogP contribution in [0.1, 0.15) is 44.9 Å². The predicted molar refractivity (Wildman–Crippen MR) is 46.4 cm³/mol. The lowest BCUT2D eigenvalue weighted by atomic mass is 9.89. The lowest BCUT2D eigenvalue weighted by Gasteiger charge is -2.14. The molecule has 1 rings (SSSR count). The Hall–Kier alpha value is -0.840. The fraction of sp³-hybridized carbons (Fsp3) is 0.800. The van der Waals surface area contributed by atoms with Crippen molar-refractivity contribution in [3.05, 3.63) is 0 Å². The molecular weight excluding hydrogens is 150 g/mol. The normalized spacial score (nSPS) is 20.6. The summed E-state index contributed by atoms with van der Waals surface area (Å²) in [5, 5.41) is 8.45. The number of hydrogen-bond donors (Lipinski definition) is 0. The van der Waals surface area contributed by atoms with E-state index in [0.29, 0.717) is 0 Å². The van der Waals surface area contributed by atoms with E-state index >= 15 is 0 Å². The van der Waals surface area contributed by atoms with E-state index in [-0.39, 0.29) is 11.7 Å². The Morgan fingerprint density at radius 1 is 1.08 bits per heavy atom. The van der Waals surface area contributed by atoms with Crippen molar-refractivity contribution in [2.45, 2.75) is 44.9 Å². The lowest BCUT2D eigenvalue weighted by molar-refractivity contribution is -0.118. The van der Waals surface area contributed by atoms with Gasteiger partial charge in [-0.2, -0.15) is 5.26 Å². The van der Waals surface area contributed by atoms with Crippen LogP contribution in [0.5, 0.6) is 0 Å². The lowest BCUT2D eigenvalue weighted by Crippen LogP contribution is -2.13. The molecule has 12 heavy (non-hydrogen) atoms. The molecule has 0 unspecified atom stereocenters. The second-order valence-corrected chi connectivity index (χ2v) is 3.52. The number of rotatable bonds is 1. The van der Waals surface area contributed by atoms with Crippen molar-refractivity contribution in [1.29, 1.82) is 5.26 Å². The van der Waals surface area contributed by atoms with E-state index in [2.05, 4.69) is 0 Å². The molecule has 0 radical (unpaired) electrons. The van der Waals surface area contributed by atoms with Crippen LogP contribution in [0.15, 0.2) is 0 Å². The summed E-state index contributed by atoms with van der Waals surface area (Å²) in [7, 11) is 0. The summed E-state index contributed by atoms with van der Waals surface area (Å²) < 4.78 is 0. The molecule has 1 aliphatic rings. The number of hydrogen-bond acceptors (Lipinski definition) is 2. The molecule has 0 aromatic heterocycles. The molecule has 0 aliphatic heterocycles. The molecule has 1 fully saturated rings. The van der Waals surface area contributed by atoms with Crippen molar-refractivity contribution in [2.24, 2.45) is 5.92 Å². The van der Waals surface area contributed by atoms with Gasteiger partial charge in [-0.15, -0.1) is 0 Å². The van der Waals surface area contributed by atoms with Gasteiger partial charge in [0.25, 0.3) is 0 Å². The maximum Gasteiger partial charge on any atom is 0.234 e. The van der Waals surface area contributed by atoms with Crippen molar-refractivity contribution < 1.29 is 4.79 Å². The van der Waals surface area contributed by atoms with E-state index in [4.69, 9.17) is 5.26 Å². The summed E-state index contributed by atoms with van der Waals surface area (Å²) >= 11 is 0. The summed E-state index contributed by atoms with van der Waals surface area (Å²) in [6.07, 6.45) is 7.88. The van der Waals surface area contributed by atoms with Crippen molar-refractivity contribution in [2.75, 3.05) is 0 Å². The van der Waals surface area contributed by atoms with Crippen molar-refractivity contribution in [3.63, 3.8) is 0 Å². The molecule has 66 valence electrons. The van der Waals surface area contributed by atoms with Gasteiger partial charge in [-0.05, 0) is 12.8 Å². The second kappa shape index (κ2) is 4.92. The molecule has 2 nitrogen and oxygen atoms in total. The Labute approximate surface area is 73.6 Å². The summed E-state index contributed by atoms with van der Waals surface area (Å²) in [4.78, 5) is 11.1. The molecule has 2 heteroatoms. The maximum atomic E-state index is 11.1. The highest BCUT2D eigenvalue weighted by molar-refractivity contribution is 5.95.